The minimum absolute atomic E-state index is 0.722. The Hall–Kier alpha value is -1.48. The number of hydrogen-bond donors (Lipinski definition) is 1. The Balaban J connectivity index is 2.08. The van der Waals surface area contributed by atoms with E-state index < -0.39 is 0 Å². The van der Waals surface area contributed by atoms with Crippen molar-refractivity contribution >= 4 is 12.3 Å². The lowest BCUT2D eigenvalue weighted by molar-refractivity contribution is -0.0991. The van der Waals surface area contributed by atoms with Crippen LogP contribution in [0.1, 0.15) is 18.1 Å². The quantitative estimate of drug-likeness (QED) is 0.777. The molecule has 2 heterocycles. The van der Waals surface area contributed by atoms with Gasteiger partial charge in [0.2, 0.25) is 0 Å². The van der Waals surface area contributed by atoms with Crippen molar-refractivity contribution < 1.29 is 4.84 Å². The Morgan fingerprint density at radius 1 is 1.38 bits per heavy atom. The molecule has 0 unspecified atom stereocenters. The number of H-pyrrole nitrogens is 1. The molecule has 0 bridgehead atoms. The zero-order chi connectivity index (χ0) is 11.0. The fourth-order valence-corrected chi connectivity index (χ4v) is 2.44. The van der Waals surface area contributed by atoms with Crippen LogP contribution in [0.15, 0.2) is 12.2 Å². The van der Waals surface area contributed by atoms with Crippen molar-refractivity contribution in [2.75, 3.05) is 13.2 Å². The molecule has 3 rings (SSSR count). The monoisotopic (exact) mass is 216 g/mol. The summed E-state index contributed by atoms with van der Waals surface area (Å²) in [6.07, 6.45) is 10.7. The molecule has 16 heavy (non-hydrogen) atoms. The molecule has 0 amide bonds. The number of rotatable bonds is 2. The van der Waals surface area contributed by atoms with E-state index in [0.29, 0.717) is 0 Å². The minimum Gasteiger partial charge on any atom is -0.354 e. The molecule has 1 aromatic rings. The molecule has 0 aromatic carbocycles. The van der Waals surface area contributed by atoms with Gasteiger partial charge in [-0.25, -0.2) is 0 Å². The standard InChI is InChI=1S/C13H16N2O/c1-2-16-15-8-7-11-10-5-3-4-6-12(10)14-13(11)9-15/h3-4,6,9,14H,2,5,7-8H2,1H3. The van der Waals surface area contributed by atoms with Gasteiger partial charge in [0.05, 0.1) is 18.2 Å². The highest BCUT2D eigenvalue weighted by molar-refractivity contribution is 5.47. The Morgan fingerprint density at radius 3 is 3.19 bits per heavy atom. The highest BCUT2D eigenvalue weighted by Crippen LogP contribution is 2.10. The fourth-order valence-electron chi connectivity index (χ4n) is 2.44. The first-order chi connectivity index (χ1) is 7.88. The van der Waals surface area contributed by atoms with Gasteiger partial charge in [0.25, 0.3) is 0 Å². The first kappa shape index (κ1) is 9.73. The van der Waals surface area contributed by atoms with Gasteiger partial charge in [-0.05, 0) is 37.0 Å². The third-order valence-electron chi connectivity index (χ3n) is 3.16. The van der Waals surface area contributed by atoms with Gasteiger partial charge in [-0.1, -0.05) is 12.2 Å². The van der Waals surface area contributed by atoms with E-state index >= 15 is 0 Å². The predicted octanol–water partition coefficient (Wildman–Crippen LogP) is 0.455. The molecular formula is C13H16N2O. The topological polar surface area (TPSA) is 28.3 Å². The average Bonchev–Trinajstić information content (AvgIpc) is 2.67. The van der Waals surface area contributed by atoms with Crippen LogP contribution in [-0.2, 0) is 17.7 Å². The summed E-state index contributed by atoms with van der Waals surface area (Å²) in [5, 5.41) is 4.41. The molecule has 84 valence electrons. The lowest BCUT2D eigenvalue weighted by Gasteiger charge is -2.22. The molecule has 0 saturated heterocycles. The molecule has 1 aliphatic carbocycles. The van der Waals surface area contributed by atoms with E-state index in [1.54, 1.807) is 0 Å². The molecule has 1 aromatic heterocycles. The normalized spacial score (nSPS) is 17.4. The van der Waals surface area contributed by atoms with Gasteiger partial charge in [0.1, 0.15) is 0 Å². The van der Waals surface area contributed by atoms with Crippen molar-refractivity contribution in [3.05, 3.63) is 34.0 Å². The second-order valence-corrected chi connectivity index (χ2v) is 4.15. The van der Waals surface area contributed by atoms with Crippen molar-refractivity contribution in [1.29, 1.82) is 0 Å². The molecule has 0 spiro atoms. The summed E-state index contributed by atoms with van der Waals surface area (Å²) in [6.45, 7) is 3.69. The maximum atomic E-state index is 5.50. The number of nitrogens with zero attached hydrogens (tertiary/aromatic N) is 1. The summed E-state index contributed by atoms with van der Waals surface area (Å²) in [5.41, 5.74) is 2.93. The average molecular weight is 216 g/mol. The first-order valence-electron chi connectivity index (χ1n) is 5.86. The second-order valence-electron chi connectivity index (χ2n) is 4.15. The zero-order valence-electron chi connectivity index (χ0n) is 9.49. The van der Waals surface area contributed by atoms with E-state index in [-0.39, 0.29) is 0 Å². The smallest absolute Gasteiger partial charge is 0.0720 e. The number of hydroxylamine groups is 2. The SMILES string of the molecule is CCON1C=c2[nH]c3c(c2CC1)CC=CC=3. The van der Waals surface area contributed by atoms with Crippen LogP contribution in [0.4, 0.5) is 0 Å². The van der Waals surface area contributed by atoms with Crippen LogP contribution in [0.5, 0.6) is 0 Å². The molecule has 3 heteroatoms. The van der Waals surface area contributed by atoms with Gasteiger partial charge in [0, 0.05) is 11.9 Å². The van der Waals surface area contributed by atoms with Crippen LogP contribution >= 0.6 is 0 Å². The lowest BCUT2D eigenvalue weighted by Crippen LogP contribution is -2.31. The molecule has 0 fully saturated rings. The Bertz CT molecular complexity index is 539. The molecule has 2 aliphatic rings. The molecule has 1 N–H and O–H groups in total. The Kier molecular flexibility index (Phi) is 2.33. The van der Waals surface area contributed by atoms with Gasteiger partial charge < -0.3 is 4.98 Å². The van der Waals surface area contributed by atoms with Gasteiger partial charge in [-0.3, -0.25) is 9.90 Å². The Morgan fingerprint density at radius 2 is 2.31 bits per heavy atom. The number of aromatic nitrogens is 1. The zero-order valence-corrected chi connectivity index (χ0v) is 9.49. The van der Waals surface area contributed by atoms with Crippen LogP contribution in [0, 0.1) is 0 Å². The molecule has 3 nitrogen and oxygen atoms in total. The van der Waals surface area contributed by atoms with E-state index in [1.165, 1.54) is 21.8 Å². The van der Waals surface area contributed by atoms with Crippen LogP contribution in [0.25, 0.3) is 12.3 Å². The molecular weight excluding hydrogens is 200 g/mol. The summed E-state index contributed by atoms with van der Waals surface area (Å²) in [6, 6.07) is 0. The number of aromatic amines is 1. The van der Waals surface area contributed by atoms with Crippen molar-refractivity contribution in [2.45, 2.75) is 19.8 Å². The number of fused-ring (bicyclic) bond motifs is 3. The third-order valence-corrected chi connectivity index (χ3v) is 3.16. The number of allylic oxidation sites excluding steroid dienone is 2. The van der Waals surface area contributed by atoms with Crippen LogP contribution in [0.3, 0.4) is 0 Å². The largest absolute Gasteiger partial charge is 0.354 e. The van der Waals surface area contributed by atoms with Crippen molar-refractivity contribution in [2.24, 2.45) is 0 Å². The molecule has 0 saturated carbocycles. The minimum atomic E-state index is 0.722. The van der Waals surface area contributed by atoms with Crippen LogP contribution < -0.4 is 10.7 Å². The van der Waals surface area contributed by atoms with Crippen molar-refractivity contribution in [3.63, 3.8) is 0 Å². The van der Waals surface area contributed by atoms with E-state index in [9.17, 15) is 0 Å². The predicted molar refractivity (Wildman–Crippen MR) is 63.9 cm³/mol. The molecule has 0 radical (unpaired) electrons. The summed E-state index contributed by atoms with van der Waals surface area (Å²) >= 11 is 0. The van der Waals surface area contributed by atoms with Crippen molar-refractivity contribution in [1.82, 2.24) is 10.0 Å². The highest BCUT2D eigenvalue weighted by Gasteiger charge is 2.15. The van der Waals surface area contributed by atoms with Crippen molar-refractivity contribution in [3.8, 4) is 0 Å². The number of nitrogens with one attached hydrogen (secondary N) is 1. The summed E-state index contributed by atoms with van der Waals surface area (Å²) in [7, 11) is 0. The van der Waals surface area contributed by atoms with E-state index in [0.717, 1.165) is 26.0 Å². The summed E-state index contributed by atoms with van der Waals surface area (Å²) in [4.78, 5) is 8.96. The van der Waals surface area contributed by atoms with Gasteiger partial charge >= 0.3 is 0 Å². The summed E-state index contributed by atoms with van der Waals surface area (Å²) in [5.74, 6) is 0. The second kappa shape index (κ2) is 3.83. The van der Waals surface area contributed by atoms with Gasteiger partial charge in [-0.15, -0.1) is 0 Å². The van der Waals surface area contributed by atoms with Gasteiger partial charge in [0.15, 0.2) is 0 Å². The maximum absolute atomic E-state index is 5.50. The first-order valence-corrected chi connectivity index (χ1v) is 5.86. The molecule has 0 atom stereocenters. The lowest BCUT2D eigenvalue weighted by atomic mass is 10.0. The van der Waals surface area contributed by atoms with E-state index in [4.69, 9.17) is 4.84 Å². The van der Waals surface area contributed by atoms with Crippen LogP contribution in [-0.4, -0.2) is 23.2 Å². The van der Waals surface area contributed by atoms with Gasteiger partial charge in [-0.2, -0.15) is 0 Å². The van der Waals surface area contributed by atoms with Crippen LogP contribution in [0.2, 0.25) is 0 Å². The fraction of sp³-hybridized carbons (Fsp3) is 0.385. The van der Waals surface area contributed by atoms with E-state index in [1.807, 2.05) is 12.0 Å². The maximum Gasteiger partial charge on any atom is 0.0720 e. The Labute approximate surface area is 94.7 Å². The number of hydrogen-bond acceptors (Lipinski definition) is 2. The summed E-state index contributed by atoms with van der Waals surface area (Å²) < 4.78 is 0. The molecule has 1 aliphatic heterocycles. The highest BCUT2D eigenvalue weighted by atomic mass is 16.7. The third kappa shape index (κ3) is 1.48. The van der Waals surface area contributed by atoms with E-state index in [2.05, 4.69) is 29.4 Å².